The molecule has 5 nitrogen and oxygen atoms in total. The molecule has 0 aliphatic heterocycles. The Kier molecular flexibility index (Phi) is 13.4. The van der Waals surface area contributed by atoms with Crippen molar-refractivity contribution in [3.8, 4) is 0 Å². The predicted octanol–water partition coefficient (Wildman–Crippen LogP) is 7.91. The monoisotopic (exact) mass is 565 g/mol. The lowest BCUT2D eigenvalue weighted by molar-refractivity contribution is 0.314. The van der Waals surface area contributed by atoms with Gasteiger partial charge in [-0.05, 0) is 80.4 Å². The zero-order valence-electron chi connectivity index (χ0n) is 26.3. The lowest BCUT2D eigenvalue weighted by Gasteiger charge is -2.34. The summed E-state index contributed by atoms with van der Waals surface area (Å²) in [6, 6.07) is 12.4. The van der Waals surface area contributed by atoms with E-state index in [0.717, 1.165) is 69.6 Å². The first-order valence-electron chi connectivity index (χ1n) is 15.4. The Morgan fingerprint density at radius 1 is 1.02 bits per heavy atom. The van der Waals surface area contributed by atoms with Crippen LogP contribution in [-0.4, -0.2) is 34.5 Å². The van der Waals surface area contributed by atoms with Gasteiger partial charge in [-0.25, -0.2) is 5.84 Å². The lowest BCUT2D eigenvalue weighted by atomic mass is 9.92. The summed E-state index contributed by atoms with van der Waals surface area (Å²) in [5.74, 6) is 6.61. The predicted molar refractivity (Wildman–Crippen MR) is 179 cm³/mol. The molecule has 1 unspecified atom stereocenters. The second-order valence-electron chi connectivity index (χ2n) is 11.2. The molecule has 1 atom stereocenters. The van der Waals surface area contributed by atoms with Crippen LogP contribution in [0.3, 0.4) is 0 Å². The third kappa shape index (κ3) is 9.92. The second-order valence-corrected chi connectivity index (χ2v) is 11.2. The van der Waals surface area contributed by atoms with Gasteiger partial charge in [0, 0.05) is 61.5 Å². The molecule has 2 aromatic rings. The highest BCUT2D eigenvalue weighted by atomic mass is 15.4. The van der Waals surface area contributed by atoms with E-state index in [0.29, 0.717) is 0 Å². The normalized spacial score (nSPS) is 15.5. The number of nitrogens with zero attached hydrogens (tertiary/aromatic N) is 3. The van der Waals surface area contributed by atoms with E-state index in [-0.39, 0.29) is 5.92 Å². The van der Waals surface area contributed by atoms with Gasteiger partial charge in [-0.2, -0.15) is 0 Å². The Morgan fingerprint density at radius 2 is 1.74 bits per heavy atom. The van der Waals surface area contributed by atoms with E-state index in [1.165, 1.54) is 33.7 Å². The molecule has 0 radical (unpaired) electrons. The van der Waals surface area contributed by atoms with Gasteiger partial charge in [0.25, 0.3) is 0 Å². The summed E-state index contributed by atoms with van der Waals surface area (Å²) in [7, 11) is 0. The maximum absolute atomic E-state index is 6.45. The molecule has 42 heavy (non-hydrogen) atoms. The standard InChI is InChI=1S/C29H41N5.C8H10/c1-5-18-33(19-6-2)29-16-15-27(21-28(29)32-23(3)26-13-7-8-14-26)24(4)34(30)20-10-12-25-11-9-17-31-22-25;1-7-5-3-4-6-8(7)2/h7-9,11,13,15-17,22,27,32H,3-6,10,12,14,18-21,30H2,1-2H3;3-6H,1-2H3. The molecule has 5 heteroatoms. The largest absolute Gasteiger partial charge is 0.370 e. The van der Waals surface area contributed by atoms with Gasteiger partial charge < -0.3 is 15.2 Å². The highest BCUT2D eigenvalue weighted by Gasteiger charge is 2.24. The Morgan fingerprint density at radius 3 is 2.31 bits per heavy atom. The number of hydrogen-bond acceptors (Lipinski definition) is 5. The smallest absolute Gasteiger partial charge is 0.0559 e. The second kappa shape index (κ2) is 17.2. The van der Waals surface area contributed by atoms with Gasteiger partial charge >= 0.3 is 0 Å². The third-order valence-corrected chi connectivity index (χ3v) is 7.82. The molecule has 224 valence electrons. The summed E-state index contributed by atoms with van der Waals surface area (Å²) in [6.45, 7) is 20.3. The molecular weight excluding hydrogens is 514 g/mol. The van der Waals surface area contributed by atoms with Crippen molar-refractivity contribution in [1.82, 2.24) is 20.2 Å². The van der Waals surface area contributed by atoms with Crippen LogP contribution < -0.4 is 11.2 Å². The van der Waals surface area contributed by atoms with Crippen molar-refractivity contribution >= 4 is 0 Å². The summed E-state index contributed by atoms with van der Waals surface area (Å²) in [5, 5.41) is 5.49. The highest BCUT2D eigenvalue weighted by Crippen LogP contribution is 2.31. The van der Waals surface area contributed by atoms with Gasteiger partial charge in [-0.15, -0.1) is 0 Å². The van der Waals surface area contributed by atoms with Crippen molar-refractivity contribution in [2.75, 3.05) is 19.6 Å². The zero-order valence-corrected chi connectivity index (χ0v) is 26.3. The van der Waals surface area contributed by atoms with Crippen molar-refractivity contribution in [2.24, 2.45) is 11.8 Å². The first kappa shape index (κ1) is 32.7. The quantitative estimate of drug-likeness (QED) is 0.180. The van der Waals surface area contributed by atoms with E-state index in [4.69, 9.17) is 5.84 Å². The number of pyridine rings is 1. The van der Waals surface area contributed by atoms with E-state index in [1.807, 2.05) is 17.3 Å². The van der Waals surface area contributed by atoms with E-state index in [2.05, 4.69) is 117 Å². The number of hydrazine groups is 1. The number of nitrogens with two attached hydrogens (primary N) is 1. The fourth-order valence-corrected chi connectivity index (χ4v) is 5.19. The van der Waals surface area contributed by atoms with Crippen LogP contribution >= 0.6 is 0 Å². The third-order valence-electron chi connectivity index (χ3n) is 7.82. The van der Waals surface area contributed by atoms with Crippen LogP contribution in [0.5, 0.6) is 0 Å². The van der Waals surface area contributed by atoms with E-state index >= 15 is 0 Å². The molecule has 1 heterocycles. The Labute approximate surface area is 254 Å². The zero-order chi connectivity index (χ0) is 30.3. The van der Waals surface area contributed by atoms with E-state index in [9.17, 15) is 0 Å². The summed E-state index contributed by atoms with van der Waals surface area (Å²) in [6.07, 6.45) is 20.6. The van der Waals surface area contributed by atoms with Crippen molar-refractivity contribution in [1.29, 1.82) is 0 Å². The van der Waals surface area contributed by atoms with E-state index in [1.54, 1.807) is 6.20 Å². The number of aromatic nitrogens is 1. The number of hydrogen-bond donors (Lipinski definition) is 2. The van der Waals surface area contributed by atoms with Crippen LogP contribution in [0.15, 0.2) is 121 Å². The molecule has 2 aliphatic rings. The first-order chi connectivity index (χ1) is 20.3. The molecule has 0 bridgehead atoms. The molecule has 1 aromatic heterocycles. The van der Waals surface area contributed by atoms with Crippen LogP contribution in [0.2, 0.25) is 0 Å². The van der Waals surface area contributed by atoms with Crippen molar-refractivity contribution in [2.45, 2.75) is 66.2 Å². The summed E-state index contributed by atoms with van der Waals surface area (Å²) >= 11 is 0. The van der Waals surface area contributed by atoms with Gasteiger partial charge in [0.05, 0.1) is 5.70 Å². The Bertz CT molecular complexity index is 1260. The van der Waals surface area contributed by atoms with Crippen molar-refractivity contribution < 1.29 is 0 Å². The molecule has 0 saturated carbocycles. The molecule has 0 saturated heterocycles. The maximum Gasteiger partial charge on any atom is 0.0559 e. The SMILES string of the molecule is C=C(NC1=C(N(CCC)CCC)C=CC(C(=C)N(N)CCCc2cccnc2)C1)C1=CC=CC1.Cc1ccccc1C. The first-order valence-corrected chi connectivity index (χ1v) is 15.4. The fraction of sp³-hybridized carbons (Fsp3) is 0.378. The Hall–Kier alpha value is -3.83. The van der Waals surface area contributed by atoms with Crippen LogP contribution in [0.4, 0.5) is 0 Å². The van der Waals surface area contributed by atoms with Gasteiger partial charge in [0.1, 0.15) is 0 Å². The number of aryl methyl sites for hydroxylation is 3. The van der Waals surface area contributed by atoms with Crippen LogP contribution in [0.1, 0.15) is 62.6 Å². The minimum Gasteiger partial charge on any atom is -0.370 e. The summed E-state index contributed by atoms with van der Waals surface area (Å²) in [4.78, 5) is 6.68. The molecule has 0 spiro atoms. The highest BCUT2D eigenvalue weighted by molar-refractivity contribution is 5.41. The summed E-state index contributed by atoms with van der Waals surface area (Å²) < 4.78 is 0. The lowest BCUT2D eigenvalue weighted by Crippen LogP contribution is -2.36. The van der Waals surface area contributed by atoms with Gasteiger partial charge in [0.2, 0.25) is 0 Å². The molecule has 3 N–H and O–H groups in total. The van der Waals surface area contributed by atoms with Crippen LogP contribution in [0.25, 0.3) is 0 Å². The molecule has 0 amide bonds. The average Bonchev–Trinajstić information content (AvgIpc) is 3.55. The maximum atomic E-state index is 6.45. The molecule has 1 aromatic carbocycles. The van der Waals surface area contributed by atoms with Crippen molar-refractivity contribution in [3.63, 3.8) is 0 Å². The minimum absolute atomic E-state index is 0.156. The number of allylic oxidation sites excluding steroid dienone is 7. The number of rotatable bonds is 14. The number of benzene rings is 1. The van der Waals surface area contributed by atoms with Crippen LogP contribution in [0, 0.1) is 19.8 Å². The van der Waals surface area contributed by atoms with Gasteiger partial charge in [-0.3, -0.25) is 4.98 Å². The molecule has 2 aliphatic carbocycles. The molecule has 0 fully saturated rings. The fourth-order valence-electron chi connectivity index (χ4n) is 5.19. The number of nitrogens with one attached hydrogen (secondary N) is 1. The topological polar surface area (TPSA) is 57.4 Å². The minimum atomic E-state index is 0.156. The average molecular weight is 566 g/mol. The van der Waals surface area contributed by atoms with E-state index < -0.39 is 0 Å². The molecule has 4 rings (SSSR count). The Balaban J connectivity index is 0.000000521. The van der Waals surface area contributed by atoms with Gasteiger partial charge in [0.15, 0.2) is 0 Å². The molecular formula is C37H51N5. The van der Waals surface area contributed by atoms with Crippen molar-refractivity contribution in [3.05, 3.63) is 137 Å². The van der Waals surface area contributed by atoms with Gasteiger partial charge in [-0.1, -0.05) is 81.6 Å². The summed E-state index contributed by atoms with van der Waals surface area (Å²) in [5.41, 5.74) is 9.61. The van der Waals surface area contributed by atoms with Crippen LogP contribution in [-0.2, 0) is 6.42 Å².